The third kappa shape index (κ3) is 5.20. The van der Waals surface area contributed by atoms with Crippen LogP contribution >= 0.6 is 0 Å². The maximum absolute atomic E-state index is 12.6. The second-order valence-electron chi connectivity index (χ2n) is 6.00. The van der Waals surface area contributed by atoms with Gasteiger partial charge in [-0.05, 0) is 37.3 Å². The molecule has 28 heavy (non-hydrogen) atoms. The highest BCUT2D eigenvalue weighted by Gasteiger charge is 2.23. The van der Waals surface area contributed by atoms with Crippen LogP contribution in [0.4, 0.5) is 0 Å². The maximum atomic E-state index is 12.6. The summed E-state index contributed by atoms with van der Waals surface area (Å²) in [5.41, 5.74) is 0.0557. The Morgan fingerprint density at radius 1 is 1.18 bits per heavy atom. The van der Waals surface area contributed by atoms with Gasteiger partial charge in [0.2, 0.25) is 10.0 Å². The first-order valence-electron chi connectivity index (χ1n) is 8.89. The molecule has 0 aliphatic heterocycles. The average molecular weight is 408 g/mol. The maximum Gasteiger partial charge on any atom is 0.338 e. The predicted molar refractivity (Wildman–Crippen MR) is 102 cm³/mol. The van der Waals surface area contributed by atoms with Gasteiger partial charge >= 0.3 is 5.97 Å². The fraction of sp³-hybridized carbons (Fsp3) is 0.368. The van der Waals surface area contributed by atoms with Crippen LogP contribution in [0.25, 0.3) is 0 Å². The second-order valence-corrected chi connectivity index (χ2v) is 7.94. The van der Waals surface area contributed by atoms with Gasteiger partial charge in [-0.1, -0.05) is 19.9 Å². The number of hydrogen-bond acceptors (Lipinski definition) is 6. The van der Waals surface area contributed by atoms with Gasteiger partial charge in [0.1, 0.15) is 5.76 Å². The summed E-state index contributed by atoms with van der Waals surface area (Å²) < 4.78 is 36.6. The Bertz CT molecular complexity index is 904. The summed E-state index contributed by atoms with van der Waals surface area (Å²) in [5.74, 6) is -0.699. The van der Waals surface area contributed by atoms with E-state index in [1.807, 2.05) is 0 Å². The number of esters is 1. The lowest BCUT2D eigenvalue weighted by molar-refractivity contribution is -0.125. The number of amides is 1. The van der Waals surface area contributed by atoms with E-state index < -0.39 is 28.5 Å². The van der Waals surface area contributed by atoms with E-state index in [1.165, 1.54) is 34.8 Å². The SMILES string of the molecule is CCN(CC)S(=O)(=O)c1cccc(C(=O)OCC(=O)N[C@H](C)c2ccco2)c1. The highest BCUT2D eigenvalue weighted by Crippen LogP contribution is 2.17. The highest BCUT2D eigenvalue weighted by molar-refractivity contribution is 7.89. The van der Waals surface area contributed by atoms with Crippen molar-refractivity contribution in [2.75, 3.05) is 19.7 Å². The highest BCUT2D eigenvalue weighted by atomic mass is 32.2. The van der Waals surface area contributed by atoms with Gasteiger partial charge in [0.25, 0.3) is 5.91 Å². The average Bonchev–Trinajstić information content (AvgIpc) is 3.22. The van der Waals surface area contributed by atoms with Crippen molar-refractivity contribution in [2.24, 2.45) is 0 Å². The fourth-order valence-electron chi connectivity index (χ4n) is 2.60. The summed E-state index contributed by atoms with van der Waals surface area (Å²) >= 11 is 0. The predicted octanol–water partition coefficient (Wildman–Crippen LogP) is 2.34. The molecule has 0 bridgehead atoms. The lowest BCUT2D eigenvalue weighted by Gasteiger charge is -2.18. The molecule has 2 aromatic rings. The monoisotopic (exact) mass is 408 g/mol. The van der Waals surface area contributed by atoms with E-state index in [1.54, 1.807) is 32.9 Å². The Hall–Kier alpha value is -2.65. The molecule has 1 amide bonds. The largest absolute Gasteiger partial charge is 0.467 e. The zero-order valence-corrected chi connectivity index (χ0v) is 16.9. The number of nitrogens with zero attached hydrogens (tertiary/aromatic N) is 1. The molecule has 2 rings (SSSR count). The molecule has 1 heterocycles. The molecule has 0 aliphatic rings. The third-order valence-electron chi connectivity index (χ3n) is 4.09. The smallest absolute Gasteiger partial charge is 0.338 e. The number of carbonyl (C=O) groups is 2. The Balaban J connectivity index is 2.00. The molecule has 0 unspecified atom stereocenters. The molecule has 1 aromatic heterocycles. The van der Waals surface area contributed by atoms with Crippen LogP contribution < -0.4 is 5.32 Å². The first-order chi connectivity index (χ1) is 13.3. The number of hydrogen-bond donors (Lipinski definition) is 1. The van der Waals surface area contributed by atoms with Crippen molar-refractivity contribution in [1.29, 1.82) is 0 Å². The van der Waals surface area contributed by atoms with Crippen molar-refractivity contribution in [3.63, 3.8) is 0 Å². The molecular weight excluding hydrogens is 384 g/mol. The zero-order valence-electron chi connectivity index (χ0n) is 16.0. The summed E-state index contributed by atoms with van der Waals surface area (Å²) in [5, 5.41) is 2.64. The van der Waals surface area contributed by atoms with Gasteiger partial charge in [0.05, 0.1) is 22.8 Å². The van der Waals surface area contributed by atoms with Crippen LogP contribution in [0.2, 0.25) is 0 Å². The number of carbonyl (C=O) groups excluding carboxylic acids is 2. The summed E-state index contributed by atoms with van der Waals surface area (Å²) in [7, 11) is -3.69. The Morgan fingerprint density at radius 2 is 1.89 bits per heavy atom. The van der Waals surface area contributed by atoms with Crippen LogP contribution in [0.15, 0.2) is 52.0 Å². The van der Waals surface area contributed by atoms with E-state index in [9.17, 15) is 18.0 Å². The standard InChI is InChI=1S/C19H24N2O6S/c1-4-21(5-2)28(24,25)16-9-6-8-15(12-16)19(23)27-13-18(22)20-14(3)17-10-7-11-26-17/h6-12,14H,4-5,13H2,1-3H3,(H,20,22)/t14-/m1/s1. The Labute approximate surface area is 164 Å². The first kappa shape index (κ1) is 21.6. The van der Waals surface area contributed by atoms with E-state index in [4.69, 9.17) is 9.15 Å². The zero-order chi connectivity index (χ0) is 20.7. The Kier molecular flexibility index (Phi) is 7.36. The van der Waals surface area contributed by atoms with Crippen LogP contribution in [0.1, 0.15) is 42.9 Å². The van der Waals surface area contributed by atoms with Gasteiger partial charge < -0.3 is 14.5 Å². The van der Waals surface area contributed by atoms with E-state index in [0.29, 0.717) is 18.8 Å². The third-order valence-corrected chi connectivity index (χ3v) is 6.14. The van der Waals surface area contributed by atoms with E-state index in [2.05, 4.69) is 5.32 Å². The van der Waals surface area contributed by atoms with Crippen molar-refractivity contribution in [1.82, 2.24) is 9.62 Å². The van der Waals surface area contributed by atoms with Crippen molar-refractivity contribution in [3.8, 4) is 0 Å². The molecule has 0 spiro atoms. The Morgan fingerprint density at radius 3 is 2.50 bits per heavy atom. The number of rotatable bonds is 9. The minimum absolute atomic E-state index is 0.00143. The fourth-order valence-corrected chi connectivity index (χ4v) is 4.11. The van der Waals surface area contributed by atoms with E-state index in [0.717, 1.165) is 0 Å². The minimum Gasteiger partial charge on any atom is -0.467 e. The van der Waals surface area contributed by atoms with Gasteiger partial charge in [-0.25, -0.2) is 13.2 Å². The van der Waals surface area contributed by atoms with Gasteiger partial charge in [-0.15, -0.1) is 0 Å². The van der Waals surface area contributed by atoms with Gasteiger partial charge in [0, 0.05) is 13.1 Å². The minimum atomic E-state index is -3.69. The van der Waals surface area contributed by atoms with Gasteiger partial charge in [-0.3, -0.25) is 4.79 Å². The molecule has 0 radical (unpaired) electrons. The lowest BCUT2D eigenvalue weighted by Crippen LogP contribution is -2.31. The molecular formula is C19H24N2O6S. The van der Waals surface area contributed by atoms with Crippen molar-refractivity contribution in [3.05, 3.63) is 54.0 Å². The number of nitrogens with one attached hydrogen (secondary N) is 1. The summed E-state index contributed by atoms with van der Waals surface area (Å²) in [4.78, 5) is 24.2. The molecule has 0 saturated heterocycles. The summed E-state index contributed by atoms with van der Waals surface area (Å²) in [6, 6.07) is 8.63. The molecule has 1 aromatic carbocycles. The van der Waals surface area contributed by atoms with Crippen molar-refractivity contribution < 1.29 is 27.2 Å². The van der Waals surface area contributed by atoms with Crippen LogP contribution in [0, 0.1) is 0 Å². The second kappa shape index (κ2) is 9.52. The number of furan rings is 1. The van der Waals surface area contributed by atoms with Crippen molar-refractivity contribution in [2.45, 2.75) is 31.7 Å². The molecule has 0 fully saturated rings. The van der Waals surface area contributed by atoms with Crippen LogP contribution in [-0.2, 0) is 19.6 Å². The lowest BCUT2D eigenvalue weighted by atomic mass is 10.2. The molecule has 1 atom stereocenters. The van der Waals surface area contributed by atoms with Gasteiger partial charge in [0.15, 0.2) is 6.61 Å². The normalized spacial score (nSPS) is 12.6. The quantitative estimate of drug-likeness (QED) is 0.639. The molecule has 0 saturated carbocycles. The van der Waals surface area contributed by atoms with E-state index in [-0.39, 0.29) is 16.5 Å². The molecule has 0 aliphatic carbocycles. The van der Waals surface area contributed by atoms with Gasteiger partial charge in [-0.2, -0.15) is 4.31 Å². The summed E-state index contributed by atoms with van der Waals surface area (Å²) in [6.45, 7) is 5.36. The molecule has 152 valence electrons. The van der Waals surface area contributed by atoms with Crippen LogP contribution in [-0.4, -0.2) is 44.3 Å². The molecule has 8 nitrogen and oxygen atoms in total. The molecule has 1 N–H and O–H groups in total. The molecule has 9 heteroatoms. The number of benzene rings is 1. The van der Waals surface area contributed by atoms with Crippen LogP contribution in [0.5, 0.6) is 0 Å². The first-order valence-corrected chi connectivity index (χ1v) is 10.3. The number of sulfonamides is 1. The van der Waals surface area contributed by atoms with E-state index >= 15 is 0 Å². The van der Waals surface area contributed by atoms with Crippen molar-refractivity contribution >= 4 is 21.9 Å². The number of ether oxygens (including phenoxy) is 1. The summed E-state index contributed by atoms with van der Waals surface area (Å²) in [6.07, 6.45) is 1.50. The van der Waals surface area contributed by atoms with Crippen LogP contribution in [0.3, 0.4) is 0 Å². The topological polar surface area (TPSA) is 106 Å².